The van der Waals surface area contributed by atoms with Gasteiger partial charge in [0.05, 0.1) is 7.11 Å². The number of benzene rings is 2. The zero-order valence-corrected chi connectivity index (χ0v) is 16.6. The number of carbonyl (C=O) groups is 1. The summed E-state index contributed by atoms with van der Waals surface area (Å²) in [5, 5.41) is 6.83. The number of amides is 1. The maximum atomic E-state index is 12.2. The van der Waals surface area contributed by atoms with Gasteiger partial charge in [-0.25, -0.2) is 0 Å². The second kappa shape index (κ2) is 10.4. The van der Waals surface area contributed by atoms with E-state index in [1.54, 1.807) is 38.4 Å². The van der Waals surface area contributed by atoms with Crippen LogP contribution in [0.1, 0.15) is 15.9 Å². The third-order valence-electron chi connectivity index (χ3n) is 3.96. The number of ether oxygens (including phenoxy) is 1. The summed E-state index contributed by atoms with van der Waals surface area (Å²) in [6.07, 6.45) is 0. The average Bonchev–Trinajstić information content (AvgIpc) is 2.69. The van der Waals surface area contributed by atoms with Crippen molar-refractivity contribution in [2.24, 2.45) is 4.99 Å². The van der Waals surface area contributed by atoms with E-state index in [4.69, 9.17) is 16.3 Å². The van der Waals surface area contributed by atoms with Crippen LogP contribution in [0.25, 0.3) is 0 Å². The Kier molecular flexibility index (Phi) is 7.95. The van der Waals surface area contributed by atoms with Gasteiger partial charge in [-0.2, -0.15) is 0 Å². The summed E-state index contributed by atoms with van der Waals surface area (Å²) in [5.74, 6) is 1.24. The van der Waals surface area contributed by atoms with Crippen LogP contribution in [0.2, 0.25) is 5.02 Å². The predicted octanol–water partition coefficient (Wildman–Crippen LogP) is 2.79. The summed E-state index contributed by atoms with van der Waals surface area (Å²) in [6, 6.07) is 14.8. The minimum Gasteiger partial charge on any atom is -0.497 e. The molecule has 0 unspecified atom stereocenters. The molecule has 0 spiro atoms. The minimum atomic E-state index is -0.143. The normalized spacial score (nSPS) is 11.0. The lowest BCUT2D eigenvalue weighted by Crippen LogP contribution is -2.42. The number of rotatable bonds is 7. The van der Waals surface area contributed by atoms with Crippen LogP contribution in [0, 0.1) is 0 Å². The van der Waals surface area contributed by atoms with Crippen LogP contribution in [0.4, 0.5) is 0 Å². The van der Waals surface area contributed by atoms with E-state index in [0.29, 0.717) is 30.9 Å². The lowest BCUT2D eigenvalue weighted by molar-refractivity contribution is 0.0954. The fourth-order valence-electron chi connectivity index (χ4n) is 2.56. The Morgan fingerprint density at radius 1 is 1.15 bits per heavy atom. The van der Waals surface area contributed by atoms with Crippen LogP contribution in [-0.4, -0.2) is 51.1 Å². The van der Waals surface area contributed by atoms with Crippen molar-refractivity contribution < 1.29 is 9.53 Å². The Hall–Kier alpha value is -2.73. The van der Waals surface area contributed by atoms with Gasteiger partial charge in [0.25, 0.3) is 5.91 Å². The van der Waals surface area contributed by atoms with Crippen LogP contribution in [0.5, 0.6) is 5.75 Å². The van der Waals surface area contributed by atoms with Gasteiger partial charge in [-0.3, -0.25) is 9.79 Å². The molecule has 0 atom stereocenters. The van der Waals surface area contributed by atoms with Crippen LogP contribution in [0.3, 0.4) is 0 Å². The largest absolute Gasteiger partial charge is 0.497 e. The second-order valence-electron chi connectivity index (χ2n) is 5.91. The van der Waals surface area contributed by atoms with Crippen LogP contribution in [0.15, 0.2) is 53.5 Å². The number of hydrogen-bond acceptors (Lipinski definition) is 3. The van der Waals surface area contributed by atoms with Crippen molar-refractivity contribution in [1.82, 2.24) is 15.5 Å². The van der Waals surface area contributed by atoms with Gasteiger partial charge in [-0.05, 0) is 29.8 Å². The molecule has 0 saturated carbocycles. The lowest BCUT2D eigenvalue weighted by Gasteiger charge is -2.22. The van der Waals surface area contributed by atoms with E-state index in [1.807, 2.05) is 36.2 Å². The zero-order chi connectivity index (χ0) is 19.6. The third kappa shape index (κ3) is 6.18. The number of carbonyl (C=O) groups excluding carboxylic acids is 1. The molecule has 0 saturated heterocycles. The molecule has 0 aliphatic rings. The first kappa shape index (κ1) is 20.6. The molecular weight excluding hydrogens is 364 g/mol. The number of hydrogen-bond donors (Lipinski definition) is 2. The first-order valence-corrected chi connectivity index (χ1v) is 9.00. The van der Waals surface area contributed by atoms with Gasteiger partial charge in [-0.1, -0.05) is 35.9 Å². The quantitative estimate of drug-likeness (QED) is 0.435. The molecule has 0 aromatic heterocycles. The molecule has 2 aromatic carbocycles. The third-order valence-corrected chi connectivity index (χ3v) is 4.33. The molecule has 7 heteroatoms. The van der Waals surface area contributed by atoms with E-state index in [-0.39, 0.29) is 5.91 Å². The highest BCUT2D eigenvalue weighted by Crippen LogP contribution is 2.16. The summed E-state index contributed by atoms with van der Waals surface area (Å²) in [5.41, 5.74) is 1.59. The van der Waals surface area contributed by atoms with Gasteiger partial charge < -0.3 is 20.3 Å². The number of nitrogens with one attached hydrogen (secondary N) is 2. The topological polar surface area (TPSA) is 66.0 Å². The van der Waals surface area contributed by atoms with Crippen molar-refractivity contribution in [3.63, 3.8) is 0 Å². The first-order chi connectivity index (χ1) is 13.0. The summed E-state index contributed by atoms with van der Waals surface area (Å²) in [7, 11) is 5.24. The first-order valence-electron chi connectivity index (χ1n) is 8.62. The molecule has 2 rings (SSSR count). The van der Waals surface area contributed by atoms with E-state index in [2.05, 4.69) is 15.6 Å². The SMILES string of the molecule is CN=C(NCCNC(=O)c1cccc(OC)c1)N(C)Cc1ccccc1Cl. The molecule has 0 aliphatic heterocycles. The van der Waals surface area contributed by atoms with Crippen LogP contribution >= 0.6 is 11.6 Å². The standard InChI is InChI=1S/C20H25ClN4O2/c1-22-20(25(2)14-16-7-4-5-10-18(16)21)24-12-11-23-19(26)15-8-6-9-17(13-15)27-3/h4-10,13H,11-12,14H2,1-3H3,(H,22,24)(H,23,26). The van der Waals surface area contributed by atoms with E-state index in [0.717, 1.165) is 16.5 Å². The molecular formula is C20H25ClN4O2. The Labute approximate surface area is 165 Å². The molecule has 6 nitrogen and oxygen atoms in total. The molecule has 0 radical (unpaired) electrons. The van der Waals surface area contributed by atoms with Gasteiger partial charge in [0, 0.05) is 44.3 Å². The van der Waals surface area contributed by atoms with Crippen molar-refractivity contribution >= 4 is 23.5 Å². The second-order valence-corrected chi connectivity index (χ2v) is 6.32. The van der Waals surface area contributed by atoms with E-state index < -0.39 is 0 Å². The number of aliphatic imine (C=N–C) groups is 1. The minimum absolute atomic E-state index is 0.143. The summed E-state index contributed by atoms with van der Waals surface area (Å²) >= 11 is 6.21. The van der Waals surface area contributed by atoms with Gasteiger partial charge in [-0.15, -0.1) is 0 Å². The van der Waals surface area contributed by atoms with Gasteiger partial charge in [0.1, 0.15) is 5.75 Å². The highest BCUT2D eigenvalue weighted by Gasteiger charge is 2.09. The summed E-state index contributed by atoms with van der Waals surface area (Å²) < 4.78 is 5.14. The Bertz CT molecular complexity index is 795. The number of guanidine groups is 1. The lowest BCUT2D eigenvalue weighted by atomic mass is 10.2. The summed E-state index contributed by atoms with van der Waals surface area (Å²) in [6.45, 7) is 1.65. The zero-order valence-electron chi connectivity index (χ0n) is 15.8. The maximum absolute atomic E-state index is 12.2. The monoisotopic (exact) mass is 388 g/mol. The van der Waals surface area contributed by atoms with E-state index >= 15 is 0 Å². The molecule has 144 valence electrons. The molecule has 27 heavy (non-hydrogen) atoms. The predicted molar refractivity (Wildman–Crippen MR) is 110 cm³/mol. The van der Waals surface area contributed by atoms with E-state index in [1.165, 1.54) is 0 Å². The Balaban J connectivity index is 1.80. The van der Waals surface area contributed by atoms with Crippen LogP contribution < -0.4 is 15.4 Å². The highest BCUT2D eigenvalue weighted by molar-refractivity contribution is 6.31. The summed E-state index contributed by atoms with van der Waals surface area (Å²) in [4.78, 5) is 18.4. The number of nitrogens with zero attached hydrogens (tertiary/aromatic N) is 2. The van der Waals surface area contributed by atoms with Gasteiger partial charge in [0.15, 0.2) is 5.96 Å². The van der Waals surface area contributed by atoms with Crippen molar-refractivity contribution in [2.45, 2.75) is 6.54 Å². The van der Waals surface area contributed by atoms with Crippen molar-refractivity contribution in [2.75, 3.05) is 34.3 Å². The molecule has 2 N–H and O–H groups in total. The fourth-order valence-corrected chi connectivity index (χ4v) is 2.75. The molecule has 0 heterocycles. The molecule has 0 aliphatic carbocycles. The number of halogens is 1. The van der Waals surface area contributed by atoms with E-state index in [9.17, 15) is 4.79 Å². The Morgan fingerprint density at radius 2 is 1.89 bits per heavy atom. The average molecular weight is 389 g/mol. The molecule has 2 aromatic rings. The van der Waals surface area contributed by atoms with Crippen molar-refractivity contribution in [1.29, 1.82) is 0 Å². The smallest absolute Gasteiger partial charge is 0.251 e. The maximum Gasteiger partial charge on any atom is 0.251 e. The number of methoxy groups -OCH3 is 1. The molecule has 0 fully saturated rings. The van der Waals surface area contributed by atoms with Gasteiger partial charge in [0.2, 0.25) is 0 Å². The van der Waals surface area contributed by atoms with Gasteiger partial charge >= 0.3 is 0 Å². The fraction of sp³-hybridized carbons (Fsp3) is 0.300. The van der Waals surface area contributed by atoms with Crippen LogP contribution in [-0.2, 0) is 6.54 Å². The highest BCUT2D eigenvalue weighted by atomic mass is 35.5. The molecule has 0 bridgehead atoms. The van der Waals surface area contributed by atoms with Crippen molar-refractivity contribution in [3.05, 3.63) is 64.7 Å². The van der Waals surface area contributed by atoms with Crippen molar-refractivity contribution in [3.8, 4) is 5.75 Å². The Morgan fingerprint density at radius 3 is 2.59 bits per heavy atom. The molecule has 1 amide bonds.